The number of rotatable bonds is 4. The minimum absolute atomic E-state index is 0.141. The molecular weight excluding hydrogens is 364 g/mol. The van der Waals surface area contributed by atoms with Crippen LogP contribution in [0.4, 0.5) is 5.00 Å². The topological polar surface area (TPSA) is 70.7 Å². The van der Waals surface area contributed by atoms with E-state index in [4.69, 9.17) is 0 Å². The standard InChI is InChI=1S/C19H20N4OS2/c1-10(2)9-23-19-13(11(3)22-23)7-16(26-19)17(24)21-18-14(8-20)12-5-4-6-15(12)25-18/h7,10H,4-6,9H2,1-3H3,(H,21,24). The number of anilines is 1. The zero-order chi connectivity index (χ0) is 18.4. The molecule has 0 aliphatic heterocycles. The summed E-state index contributed by atoms with van der Waals surface area (Å²) in [6.45, 7) is 7.13. The predicted molar refractivity (Wildman–Crippen MR) is 106 cm³/mol. The highest BCUT2D eigenvalue weighted by Gasteiger charge is 2.24. The first-order valence-electron chi connectivity index (χ1n) is 8.81. The molecular formula is C19H20N4OS2. The molecule has 3 aromatic heterocycles. The van der Waals surface area contributed by atoms with Crippen LogP contribution >= 0.6 is 22.7 Å². The average molecular weight is 385 g/mol. The van der Waals surface area contributed by atoms with Crippen molar-refractivity contribution in [3.8, 4) is 6.07 Å². The van der Waals surface area contributed by atoms with Gasteiger partial charge in [0, 0.05) is 16.8 Å². The summed E-state index contributed by atoms with van der Waals surface area (Å²) in [6, 6.07) is 4.20. The predicted octanol–water partition coefficient (Wildman–Crippen LogP) is 4.74. The van der Waals surface area contributed by atoms with E-state index in [1.807, 2.05) is 17.7 Å². The van der Waals surface area contributed by atoms with Gasteiger partial charge in [0.25, 0.3) is 5.91 Å². The lowest BCUT2D eigenvalue weighted by Crippen LogP contribution is -2.10. The number of hydrogen-bond acceptors (Lipinski definition) is 5. The summed E-state index contributed by atoms with van der Waals surface area (Å²) >= 11 is 3.02. The Hall–Kier alpha value is -2.17. The van der Waals surface area contributed by atoms with Gasteiger partial charge in [0.15, 0.2) is 0 Å². The highest BCUT2D eigenvalue weighted by atomic mass is 32.1. The molecule has 0 atom stereocenters. The average Bonchev–Trinajstić information content (AvgIpc) is 3.30. The Balaban J connectivity index is 1.64. The van der Waals surface area contributed by atoms with Gasteiger partial charge in [-0.25, -0.2) is 0 Å². The molecule has 3 heterocycles. The normalized spacial score (nSPS) is 13.3. The molecule has 1 amide bonds. The zero-order valence-electron chi connectivity index (χ0n) is 15.0. The second-order valence-corrected chi connectivity index (χ2v) is 9.25. The van der Waals surface area contributed by atoms with Crippen molar-refractivity contribution in [2.75, 3.05) is 5.32 Å². The van der Waals surface area contributed by atoms with Crippen molar-refractivity contribution in [1.82, 2.24) is 9.78 Å². The molecule has 1 aliphatic carbocycles. The minimum atomic E-state index is -0.141. The molecule has 3 aromatic rings. The molecule has 26 heavy (non-hydrogen) atoms. The molecule has 0 spiro atoms. The van der Waals surface area contributed by atoms with Crippen molar-refractivity contribution in [2.24, 2.45) is 5.92 Å². The molecule has 0 radical (unpaired) electrons. The number of aromatic nitrogens is 2. The number of carbonyl (C=O) groups excluding carboxylic acids is 1. The smallest absolute Gasteiger partial charge is 0.266 e. The summed E-state index contributed by atoms with van der Waals surface area (Å²) in [6.07, 6.45) is 3.06. The van der Waals surface area contributed by atoms with E-state index in [1.54, 1.807) is 11.3 Å². The van der Waals surface area contributed by atoms with Gasteiger partial charge in [0.1, 0.15) is 15.9 Å². The molecule has 7 heteroatoms. The first-order valence-corrected chi connectivity index (χ1v) is 10.4. The molecule has 1 aliphatic rings. The second-order valence-electron chi connectivity index (χ2n) is 7.12. The highest BCUT2D eigenvalue weighted by molar-refractivity contribution is 7.21. The number of nitrogens with one attached hydrogen (secondary N) is 1. The molecule has 1 N–H and O–H groups in total. The van der Waals surface area contributed by atoms with Gasteiger partial charge >= 0.3 is 0 Å². The van der Waals surface area contributed by atoms with E-state index in [9.17, 15) is 10.1 Å². The lowest BCUT2D eigenvalue weighted by Gasteiger charge is -2.05. The van der Waals surface area contributed by atoms with Crippen molar-refractivity contribution in [3.05, 3.63) is 32.6 Å². The van der Waals surface area contributed by atoms with Gasteiger partial charge < -0.3 is 5.32 Å². The quantitative estimate of drug-likeness (QED) is 0.706. The largest absolute Gasteiger partial charge is 0.312 e. The first-order chi connectivity index (χ1) is 12.5. The number of carbonyl (C=O) groups is 1. The van der Waals surface area contributed by atoms with Gasteiger partial charge in [-0.3, -0.25) is 9.48 Å². The van der Waals surface area contributed by atoms with Crippen LogP contribution in [0.15, 0.2) is 6.07 Å². The third-order valence-corrected chi connectivity index (χ3v) is 6.98. The van der Waals surface area contributed by atoms with Crippen molar-refractivity contribution >= 4 is 43.8 Å². The van der Waals surface area contributed by atoms with E-state index >= 15 is 0 Å². The number of hydrogen-bond donors (Lipinski definition) is 1. The van der Waals surface area contributed by atoms with Crippen LogP contribution in [-0.4, -0.2) is 15.7 Å². The highest BCUT2D eigenvalue weighted by Crippen LogP contribution is 2.39. The Morgan fingerprint density at radius 1 is 1.42 bits per heavy atom. The lowest BCUT2D eigenvalue weighted by molar-refractivity contribution is 0.103. The molecule has 0 saturated heterocycles. The van der Waals surface area contributed by atoms with Gasteiger partial charge in [-0.1, -0.05) is 13.8 Å². The Bertz CT molecular complexity index is 1050. The van der Waals surface area contributed by atoms with Crippen molar-refractivity contribution < 1.29 is 4.79 Å². The summed E-state index contributed by atoms with van der Waals surface area (Å²) < 4.78 is 2.00. The Labute approximate surface area is 160 Å². The summed E-state index contributed by atoms with van der Waals surface area (Å²) in [7, 11) is 0. The van der Waals surface area contributed by atoms with Crippen LogP contribution in [0.1, 0.15) is 51.6 Å². The van der Waals surface area contributed by atoms with E-state index < -0.39 is 0 Å². The van der Waals surface area contributed by atoms with Gasteiger partial charge in [0.05, 0.1) is 16.1 Å². The van der Waals surface area contributed by atoms with Crippen molar-refractivity contribution in [1.29, 1.82) is 5.26 Å². The van der Waals surface area contributed by atoms with Gasteiger partial charge in [-0.05, 0) is 43.7 Å². The van der Waals surface area contributed by atoms with Crippen LogP contribution < -0.4 is 5.32 Å². The summed E-state index contributed by atoms with van der Waals surface area (Å²) in [4.78, 5) is 15.7. The zero-order valence-corrected chi connectivity index (χ0v) is 16.7. The van der Waals surface area contributed by atoms with Crippen LogP contribution in [0.25, 0.3) is 10.2 Å². The van der Waals surface area contributed by atoms with Crippen LogP contribution in [0.2, 0.25) is 0 Å². The first kappa shape index (κ1) is 17.3. The number of amides is 1. The molecule has 0 saturated carbocycles. The third kappa shape index (κ3) is 2.83. The van der Waals surface area contributed by atoms with Crippen LogP contribution in [0.5, 0.6) is 0 Å². The fraction of sp³-hybridized carbons (Fsp3) is 0.421. The van der Waals surface area contributed by atoms with Crippen molar-refractivity contribution in [2.45, 2.75) is 46.6 Å². The molecule has 0 fully saturated rings. The monoisotopic (exact) mass is 384 g/mol. The van der Waals surface area contributed by atoms with Gasteiger partial charge in [-0.2, -0.15) is 10.4 Å². The molecule has 0 unspecified atom stereocenters. The number of nitriles is 1. The molecule has 134 valence electrons. The lowest BCUT2D eigenvalue weighted by atomic mass is 10.1. The molecule has 4 rings (SSSR count). The summed E-state index contributed by atoms with van der Waals surface area (Å²) in [5.41, 5.74) is 2.73. The van der Waals surface area contributed by atoms with Gasteiger partial charge in [-0.15, -0.1) is 22.7 Å². The van der Waals surface area contributed by atoms with E-state index in [2.05, 4.69) is 30.3 Å². The Morgan fingerprint density at radius 3 is 2.96 bits per heavy atom. The molecule has 0 aromatic carbocycles. The molecule has 0 bridgehead atoms. The Kier molecular flexibility index (Phi) is 4.33. The molecule has 5 nitrogen and oxygen atoms in total. The Morgan fingerprint density at radius 2 is 2.23 bits per heavy atom. The summed E-state index contributed by atoms with van der Waals surface area (Å²) in [5, 5.41) is 18.8. The van der Waals surface area contributed by atoms with E-state index in [1.165, 1.54) is 16.2 Å². The van der Waals surface area contributed by atoms with Crippen LogP contribution in [0.3, 0.4) is 0 Å². The number of thiophene rings is 2. The van der Waals surface area contributed by atoms with E-state index in [0.29, 0.717) is 21.4 Å². The summed E-state index contributed by atoms with van der Waals surface area (Å²) in [5.74, 6) is 0.349. The number of nitrogens with zero attached hydrogens (tertiary/aromatic N) is 3. The maximum absolute atomic E-state index is 12.8. The maximum Gasteiger partial charge on any atom is 0.266 e. The van der Waals surface area contributed by atoms with Crippen LogP contribution in [-0.2, 0) is 19.4 Å². The van der Waals surface area contributed by atoms with E-state index in [0.717, 1.165) is 47.3 Å². The van der Waals surface area contributed by atoms with Crippen molar-refractivity contribution in [3.63, 3.8) is 0 Å². The fourth-order valence-corrected chi connectivity index (χ4v) is 5.77. The van der Waals surface area contributed by atoms with Gasteiger partial charge in [0.2, 0.25) is 0 Å². The minimum Gasteiger partial charge on any atom is -0.312 e. The third-order valence-electron chi connectivity index (χ3n) is 4.63. The SMILES string of the molecule is Cc1nn(CC(C)C)c2sc(C(=O)Nc3sc4c(c3C#N)CCC4)cc12. The number of aryl methyl sites for hydroxylation is 2. The number of fused-ring (bicyclic) bond motifs is 2. The van der Waals surface area contributed by atoms with Crippen LogP contribution in [0, 0.1) is 24.2 Å². The fourth-order valence-electron chi connectivity index (χ4n) is 3.47. The van der Waals surface area contributed by atoms with E-state index in [-0.39, 0.29) is 5.91 Å². The second kappa shape index (κ2) is 6.53. The maximum atomic E-state index is 12.8.